The van der Waals surface area contributed by atoms with E-state index in [9.17, 15) is 0 Å². The minimum Gasteiger partial charge on any atom is -0.254 e. The molecular formula is C24H16EuN4. The first-order valence-electron chi connectivity index (χ1n) is 9.07. The summed E-state index contributed by atoms with van der Waals surface area (Å²) in [6, 6.07) is 24.3. The van der Waals surface area contributed by atoms with Crippen LogP contribution < -0.4 is 0 Å². The fourth-order valence-corrected chi connectivity index (χ4v) is 3.36. The molecule has 0 spiro atoms. The predicted molar refractivity (Wildman–Crippen MR) is 114 cm³/mol. The average Bonchev–Trinajstić information content (AvgIpc) is 2.79. The maximum absolute atomic E-state index is 4.35. The fraction of sp³-hybridized carbons (Fsp3) is 0. The Morgan fingerprint density at radius 3 is 0.828 bits per heavy atom. The first-order chi connectivity index (χ1) is 13.9. The molecule has 5 heteroatoms. The number of hydrogen-bond acceptors (Lipinski definition) is 4. The van der Waals surface area contributed by atoms with Crippen molar-refractivity contribution < 1.29 is 49.4 Å². The van der Waals surface area contributed by atoms with Gasteiger partial charge in [-0.15, -0.1) is 0 Å². The van der Waals surface area contributed by atoms with E-state index in [-0.39, 0.29) is 49.4 Å². The molecule has 0 saturated heterocycles. The molecule has 4 heterocycles. The summed E-state index contributed by atoms with van der Waals surface area (Å²) in [6.07, 6.45) is 7.21. The molecule has 0 unspecified atom stereocenters. The summed E-state index contributed by atoms with van der Waals surface area (Å²) in [5, 5.41) is 4.55. The molecule has 1 radical (unpaired) electrons. The van der Waals surface area contributed by atoms with Crippen molar-refractivity contribution in [2.24, 2.45) is 0 Å². The van der Waals surface area contributed by atoms with E-state index >= 15 is 0 Å². The Hall–Kier alpha value is -2.34. The summed E-state index contributed by atoms with van der Waals surface area (Å²) in [5.74, 6) is 0. The first-order valence-corrected chi connectivity index (χ1v) is 9.07. The number of nitrogens with zero attached hydrogens (tertiary/aromatic N) is 4. The van der Waals surface area contributed by atoms with E-state index in [0.717, 1.165) is 43.6 Å². The molecule has 0 aliphatic heterocycles. The van der Waals surface area contributed by atoms with E-state index in [0.29, 0.717) is 0 Å². The molecule has 0 N–H and O–H groups in total. The van der Waals surface area contributed by atoms with Gasteiger partial charge >= 0.3 is 0 Å². The Kier molecular flexibility index (Phi) is 6.19. The van der Waals surface area contributed by atoms with Crippen molar-refractivity contribution in [1.29, 1.82) is 0 Å². The van der Waals surface area contributed by atoms with Crippen LogP contribution >= 0.6 is 0 Å². The number of benzene rings is 2. The van der Waals surface area contributed by atoms with Gasteiger partial charge in [0.15, 0.2) is 0 Å². The van der Waals surface area contributed by atoms with Gasteiger partial charge in [0, 0.05) is 95.7 Å². The van der Waals surface area contributed by atoms with Crippen LogP contribution in [0.5, 0.6) is 0 Å². The van der Waals surface area contributed by atoms with Crippen molar-refractivity contribution in [3.8, 4) is 0 Å². The van der Waals surface area contributed by atoms with Crippen LogP contribution in [0.2, 0.25) is 0 Å². The minimum atomic E-state index is 0. The monoisotopic (exact) mass is 513 g/mol. The van der Waals surface area contributed by atoms with E-state index in [1.165, 1.54) is 0 Å². The largest absolute Gasteiger partial charge is 0.254 e. The maximum atomic E-state index is 4.35. The summed E-state index contributed by atoms with van der Waals surface area (Å²) in [5.41, 5.74) is 3.91. The molecule has 0 saturated carbocycles. The molecule has 6 aromatic rings. The Morgan fingerprint density at radius 2 is 0.586 bits per heavy atom. The van der Waals surface area contributed by atoms with Gasteiger partial charge in [0.2, 0.25) is 0 Å². The quantitative estimate of drug-likeness (QED) is 0.250. The van der Waals surface area contributed by atoms with E-state index in [1.54, 1.807) is 24.8 Å². The number of rotatable bonds is 0. The van der Waals surface area contributed by atoms with Gasteiger partial charge in [0.25, 0.3) is 0 Å². The molecule has 139 valence electrons. The van der Waals surface area contributed by atoms with Crippen LogP contribution in [0.4, 0.5) is 0 Å². The van der Waals surface area contributed by atoms with Gasteiger partial charge in [-0.05, 0) is 24.3 Å². The number of pyridine rings is 4. The molecule has 0 atom stereocenters. The molecule has 0 bridgehead atoms. The van der Waals surface area contributed by atoms with Crippen molar-refractivity contribution >= 4 is 43.6 Å². The van der Waals surface area contributed by atoms with Crippen molar-refractivity contribution in [2.45, 2.75) is 0 Å². The van der Waals surface area contributed by atoms with Gasteiger partial charge in [-0.3, -0.25) is 19.9 Å². The van der Waals surface area contributed by atoms with Crippen LogP contribution in [0.25, 0.3) is 43.6 Å². The molecule has 2 aromatic carbocycles. The van der Waals surface area contributed by atoms with Crippen LogP contribution in [0.1, 0.15) is 0 Å². The van der Waals surface area contributed by atoms with Crippen LogP contribution in [-0.2, 0) is 0 Å². The molecular weight excluding hydrogens is 496 g/mol. The number of fused-ring (bicyclic) bond motifs is 6. The summed E-state index contributed by atoms with van der Waals surface area (Å²) in [7, 11) is 0. The van der Waals surface area contributed by atoms with E-state index < -0.39 is 0 Å². The molecule has 0 aliphatic carbocycles. The molecule has 4 aromatic heterocycles. The van der Waals surface area contributed by atoms with E-state index in [4.69, 9.17) is 0 Å². The van der Waals surface area contributed by atoms with Crippen LogP contribution in [0, 0.1) is 49.4 Å². The average molecular weight is 512 g/mol. The normalized spacial score (nSPS) is 10.5. The van der Waals surface area contributed by atoms with Gasteiger partial charge in [0.05, 0.1) is 22.1 Å². The van der Waals surface area contributed by atoms with E-state index in [1.807, 2.05) is 24.3 Å². The summed E-state index contributed by atoms with van der Waals surface area (Å²) >= 11 is 0. The third-order valence-electron chi connectivity index (χ3n) is 4.69. The standard InChI is InChI=1S/2C12H8N2.Eu/c2*1-3-9-5-6-10-4-2-8-14-12(10)11(9)13-7-1;/h2*1-8H;. The van der Waals surface area contributed by atoms with Gasteiger partial charge in [-0.2, -0.15) is 0 Å². The molecule has 4 nitrogen and oxygen atoms in total. The van der Waals surface area contributed by atoms with E-state index in [2.05, 4.69) is 68.5 Å². The number of hydrogen-bond donors (Lipinski definition) is 0. The Labute approximate surface area is 208 Å². The van der Waals surface area contributed by atoms with Gasteiger partial charge in [0.1, 0.15) is 0 Å². The summed E-state index contributed by atoms with van der Waals surface area (Å²) in [4.78, 5) is 17.4. The maximum Gasteiger partial charge on any atom is 0.0964 e. The number of aromatic nitrogens is 4. The zero-order chi connectivity index (χ0) is 18.8. The van der Waals surface area contributed by atoms with Crippen LogP contribution in [0.3, 0.4) is 0 Å². The second kappa shape index (κ2) is 8.99. The van der Waals surface area contributed by atoms with Crippen LogP contribution in [0.15, 0.2) is 97.6 Å². The Bertz CT molecular complexity index is 1210. The van der Waals surface area contributed by atoms with Crippen molar-refractivity contribution in [3.63, 3.8) is 0 Å². The zero-order valence-electron chi connectivity index (χ0n) is 15.4. The van der Waals surface area contributed by atoms with Crippen LogP contribution in [-0.4, -0.2) is 19.9 Å². The smallest absolute Gasteiger partial charge is 0.0964 e. The molecule has 6 rings (SSSR count). The molecule has 0 amide bonds. The van der Waals surface area contributed by atoms with Gasteiger partial charge in [-0.1, -0.05) is 48.5 Å². The zero-order valence-corrected chi connectivity index (χ0v) is 17.8. The fourth-order valence-electron chi connectivity index (χ4n) is 3.36. The third-order valence-corrected chi connectivity index (χ3v) is 4.69. The SMILES string of the molecule is [Eu].c1cnc2c(c1)ccc1cccnc12.c1cnc2c(c1)ccc1cccnc12. The Balaban J connectivity index is 0.000000137. The summed E-state index contributed by atoms with van der Waals surface area (Å²) in [6.45, 7) is 0. The predicted octanol–water partition coefficient (Wildman–Crippen LogP) is 5.57. The molecule has 0 fully saturated rings. The van der Waals surface area contributed by atoms with Gasteiger partial charge < -0.3 is 0 Å². The third kappa shape index (κ3) is 4.04. The Morgan fingerprint density at radius 1 is 0.345 bits per heavy atom. The first kappa shape index (κ1) is 20.0. The molecule has 29 heavy (non-hydrogen) atoms. The van der Waals surface area contributed by atoms with Crippen molar-refractivity contribution in [2.75, 3.05) is 0 Å². The van der Waals surface area contributed by atoms with Crippen molar-refractivity contribution in [1.82, 2.24) is 19.9 Å². The second-order valence-corrected chi connectivity index (χ2v) is 6.43. The van der Waals surface area contributed by atoms with Crippen molar-refractivity contribution in [3.05, 3.63) is 97.6 Å². The topological polar surface area (TPSA) is 51.6 Å². The van der Waals surface area contributed by atoms with Gasteiger partial charge in [-0.25, -0.2) is 0 Å². The minimum absolute atomic E-state index is 0. The summed E-state index contributed by atoms with van der Waals surface area (Å²) < 4.78 is 0. The second-order valence-electron chi connectivity index (χ2n) is 6.43. The molecule has 0 aliphatic rings.